The maximum atomic E-state index is 12.1. The van der Waals surface area contributed by atoms with E-state index >= 15 is 0 Å². The standard InChI is InChI=1S/C14H21N3O3/c1-9-4-5-11(8-12(9)15)16-14(20)10(2)17(3)7-6-13(18)19/h4-5,8,10H,6-7,15H2,1-3H3,(H,16,20)(H,18,19). The molecule has 1 amide bonds. The van der Waals surface area contributed by atoms with Gasteiger partial charge in [-0.3, -0.25) is 14.5 Å². The number of nitrogens with two attached hydrogens (primary N) is 1. The van der Waals surface area contributed by atoms with Crippen molar-refractivity contribution in [3.63, 3.8) is 0 Å². The molecule has 0 saturated carbocycles. The first-order chi connectivity index (χ1) is 9.31. The van der Waals surface area contributed by atoms with Crippen LogP contribution in [0.25, 0.3) is 0 Å². The highest BCUT2D eigenvalue weighted by atomic mass is 16.4. The van der Waals surface area contributed by atoms with Gasteiger partial charge in [-0.2, -0.15) is 0 Å². The normalized spacial score (nSPS) is 12.2. The first-order valence-electron chi connectivity index (χ1n) is 6.40. The highest BCUT2D eigenvalue weighted by Crippen LogP contribution is 2.17. The smallest absolute Gasteiger partial charge is 0.304 e. The van der Waals surface area contributed by atoms with E-state index in [0.29, 0.717) is 17.9 Å². The summed E-state index contributed by atoms with van der Waals surface area (Å²) in [6, 6.07) is 4.91. The van der Waals surface area contributed by atoms with Gasteiger partial charge in [-0.1, -0.05) is 6.07 Å². The molecule has 6 heteroatoms. The minimum atomic E-state index is -0.879. The van der Waals surface area contributed by atoms with Crippen molar-refractivity contribution in [3.8, 4) is 0 Å². The van der Waals surface area contributed by atoms with Gasteiger partial charge in [0, 0.05) is 17.9 Å². The number of rotatable bonds is 6. The monoisotopic (exact) mass is 279 g/mol. The van der Waals surface area contributed by atoms with Crippen LogP contribution in [0.4, 0.5) is 11.4 Å². The molecule has 110 valence electrons. The molecule has 0 saturated heterocycles. The summed E-state index contributed by atoms with van der Waals surface area (Å²) < 4.78 is 0. The molecule has 1 atom stereocenters. The zero-order valence-electron chi connectivity index (χ0n) is 12.0. The number of hydrogen-bond donors (Lipinski definition) is 3. The zero-order chi connectivity index (χ0) is 15.3. The number of carboxylic acid groups (broad SMARTS) is 1. The Hall–Kier alpha value is -2.08. The average Bonchev–Trinajstić information content (AvgIpc) is 2.39. The van der Waals surface area contributed by atoms with Gasteiger partial charge < -0.3 is 16.2 Å². The van der Waals surface area contributed by atoms with Gasteiger partial charge in [-0.25, -0.2) is 0 Å². The Balaban J connectivity index is 2.60. The summed E-state index contributed by atoms with van der Waals surface area (Å²) in [7, 11) is 1.72. The van der Waals surface area contributed by atoms with Gasteiger partial charge in [0.25, 0.3) is 0 Å². The molecule has 0 aliphatic carbocycles. The number of nitrogen functional groups attached to an aromatic ring is 1. The van der Waals surface area contributed by atoms with E-state index in [1.165, 1.54) is 0 Å². The third kappa shape index (κ3) is 4.55. The van der Waals surface area contributed by atoms with Crippen molar-refractivity contribution >= 4 is 23.3 Å². The van der Waals surface area contributed by atoms with Crippen LogP contribution in [0.3, 0.4) is 0 Å². The Morgan fingerprint density at radius 1 is 1.45 bits per heavy atom. The number of likely N-dealkylation sites (N-methyl/N-ethyl adjacent to an activating group) is 1. The van der Waals surface area contributed by atoms with Crippen LogP contribution in [0.1, 0.15) is 18.9 Å². The van der Waals surface area contributed by atoms with Crippen molar-refractivity contribution in [2.45, 2.75) is 26.3 Å². The summed E-state index contributed by atoms with van der Waals surface area (Å²) in [5.41, 5.74) is 8.00. The van der Waals surface area contributed by atoms with Crippen molar-refractivity contribution in [1.29, 1.82) is 0 Å². The third-order valence-corrected chi connectivity index (χ3v) is 3.27. The second kappa shape index (κ2) is 6.91. The summed E-state index contributed by atoms with van der Waals surface area (Å²) in [4.78, 5) is 24.3. The predicted octanol–water partition coefficient (Wildman–Crippen LogP) is 1.31. The molecule has 0 spiro atoms. The SMILES string of the molecule is Cc1ccc(NC(=O)C(C)N(C)CCC(=O)O)cc1N. The quantitative estimate of drug-likeness (QED) is 0.682. The van der Waals surface area contributed by atoms with Gasteiger partial charge in [0.2, 0.25) is 5.91 Å². The van der Waals surface area contributed by atoms with Crippen molar-refractivity contribution in [3.05, 3.63) is 23.8 Å². The predicted molar refractivity (Wildman–Crippen MR) is 78.6 cm³/mol. The Morgan fingerprint density at radius 2 is 2.10 bits per heavy atom. The van der Waals surface area contributed by atoms with Crippen molar-refractivity contribution in [2.24, 2.45) is 0 Å². The first kappa shape index (κ1) is 16.0. The van der Waals surface area contributed by atoms with Gasteiger partial charge in [0.1, 0.15) is 0 Å². The Labute approximate surface area is 118 Å². The molecule has 4 N–H and O–H groups in total. The van der Waals surface area contributed by atoms with Gasteiger partial charge in [-0.05, 0) is 38.6 Å². The summed E-state index contributed by atoms with van der Waals surface area (Å²) in [5.74, 6) is -1.07. The number of aliphatic carboxylic acids is 1. The molecular formula is C14H21N3O3. The van der Waals surface area contributed by atoms with Crippen molar-refractivity contribution < 1.29 is 14.7 Å². The van der Waals surface area contributed by atoms with E-state index in [1.54, 1.807) is 31.0 Å². The average molecular weight is 279 g/mol. The molecule has 1 unspecified atom stereocenters. The molecule has 1 rings (SSSR count). The molecule has 0 radical (unpaired) electrons. The Kier molecular flexibility index (Phi) is 5.52. The molecule has 0 aliphatic rings. The highest BCUT2D eigenvalue weighted by molar-refractivity contribution is 5.95. The largest absolute Gasteiger partial charge is 0.481 e. The fraction of sp³-hybridized carbons (Fsp3) is 0.429. The number of carbonyl (C=O) groups is 2. The number of hydrogen-bond acceptors (Lipinski definition) is 4. The molecule has 1 aromatic carbocycles. The van der Waals surface area contributed by atoms with Crippen molar-refractivity contribution in [1.82, 2.24) is 4.90 Å². The fourth-order valence-corrected chi connectivity index (χ4v) is 1.63. The lowest BCUT2D eigenvalue weighted by Gasteiger charge is -2.23. The van der Waals surface area contributed by atoms with E-state index in [2.05, 4.69) is 5.32 Å². The number of anilines is 2. The lowest BCUT2D eigenvalue weighted by molar-refractivity contribution is -0.137. The summed E-state index contributed by atoms with van der Waals surface area (Å²) >= 11 is 0. The number of amides is 1. The van der Waals surface area contributed by atoms with Gasteiger partial charge >= 0.3 is 5.97 Å². The Morgan fingerprint density at radius 3 is 2.65 bits per heavy atom. The molecule has 0 fully saturated rings. The molecule has 20 heavy (non-hydrogen) atoms. The number of nitrogens with one attached hydrogen (secondary N) is 1. The lowest BCUT2D eigenvalue weighted by Crippen LogP contribution is -2.40. The van der Waals surface area contributed by atoms with Crippen LogP contribution in [-0.2, 0) is 9.59 Å². The van der Waals surface area contributed by atoms with Crippen LogP contribution >= 0.6 is 0 Å². The van der Waals surface area contributed by atoms with Crippen LogP contribution in [0.2, 0.25) is 0 Å². The lowest BCUT2D eigenvalue weighted by atomic mass is 10.2. The van der Waals surface area contributed by atoms with E-state index in [4.69, 9.17) is 10.8 Å². The number of aryl methyl sites for hydroxylation is 1. The molecular weight excluding hydrogens is 258 g/mol. The zero-order valence-corrected chi connectivity index (χ0v) is 12.0. The number of carboxylic acids is 1. The maximum absolute atomic E-state index is 12.1. The fourth-order valence-electron chi connectivity index (χ4n) is 1.63. The van der Waals surface area contributed by atoms with E-state index < -0.39 is 12.0 Å². The molecule has 1 aromatic rings. The molecule has 6 nitrogen and oxygen atoms in total. The number of benzene rings is 1. The van der Waals surface area contributed by atoms with Gasteiger partial charge in [0.05, 0.1) is 12.5 Å². The second-order valence-corrected chi connectivity index (χ2v) is 4.86. The minimum absolute atomic E-state index is 0.00556. The highest BCUT2D eigenvalue weighted by Gasteiger charge is 2.18. The van der Waals surface area contributed by atoms with Crippen LogP contribution in [0.5, 0.6) is 0 Å². The molecule has 0 aliphatic heterocycles. The summed E-state index contributed by atoms with van der Waals surface area (Å²) in [5, 5.41) is 11.4. The Bertz CT molecular complexity index is 502. The van der Waals surface area contributed by atoms with Crippen LogP contribution in [0.15, 0.2) is 18.2 Å². The van der Waals surface area contributed by atoms with Crippen molar-refractivity contribution in [2.75, 3.05) is 24.6 Å². The minimum Gasteiger partial charge on any atom is -0.481 e. The van der Waals surface area contributed by atoms with E-state index in [9.17, 15) is 9.59 Å². The first-order valence-corrected chi connectivity index (χ1v) is 6.40. The van der Waals surface area contributed by atoms with Crippen LogP contribution in [0, 0.1) is 6.92 Å². The van der Waals surface area contributed by atoms with E-state index in [0.717, 1.165) is 5.56 Å². The molecule has 0 aromatic heterocycles. The van der Waals surface area contributed by atoms with Gasteiger partial charge in [-0.15, -0.1) is 0 Å². The number of carbonyl (C=O) groups excluding carboxylic acids is 1. The van der Waals surface area contributed by atoms with Crippen LogP contribution in [-0.4, -0.2) is 41.5 Å². The molecule has 0 heterocycles. The topological polar surface area (TPSA) is 95.7 Å². The summed E-state index contributed by atoms with van der Waals surface area (Å²) in [6.45, 7) is 3.94. The van der Waals surface area contributed by atoms with Gasteiger partial charge in [0.15, 0.2) is 0 Å². The summed E-state index contributed by atoms with van der Waals surface area (Å²) in [6.07, 6.45) is 0.00556. The number of nitrogens with zero attached hydrogens (tertiary/aromatic N) is 1. The van der Waals surface area contributed by atoms with E-state index in [1.807, 2.05) is 13.0 Å². The van der Waals surface area contributed by atoms with Crippen LogP contribution < -0.4 is 11.1 Å². The van der Waals surface area contributed by atoms with E-state index in [-0.39, 0.29) is 12.3 Å². The molecule has 0 bridgehead atoms. The maximum Gasteiger partial charge on any atom is 0.304 e. The third-order valence-electron chi connectivity index (χ3n) is 3.27. The second-order valence-electron chi connectivity index (χ2n) is 4.86.